The standard InChI is InChI=1S/C10H11ClF3NO3/c11-4-7(16)9(17)5-1-2-6(15)8(3-5)18-10(12,13)14/h1-3,7,9,16-17H,4,15H2. The van der Waals surface area contributed by atoms with Gasteiger partial charge < -0.3 is 20.7 Å². The van der Waals surface area contributed by atoms with Crippen molar-refractivity contribution in [2.45, 2.75) is 18.6 Å². The Balaban J connectivity index is 3.00. The van der Waals surface area contributed by atoms with Crippen molar-refractivity contribution in [3.63, 3.8) is 0 Å². The van der Waals surface area contributed by atoms with E-state index >= 15 is 0 Å². The molecule has 0 heterocycles. The Bertz CT molecular complexity index is 414. The number of nitrogen functional groups attached to an aromatic ring is 1. The number of rotatable bonds is 4. The lowest BCUT2D eigenvalue weighted by molar-refractivity contribution is -0.274. The van der Waals surface area contributed by atoms with Gasteiger partial charge in [-0.15, -0.1) is 24.8 Å². The summed E-state index contributed by atoms with van der Waals surface area (Å²) in [5.74, 6) is -0.901. The number of benzene rings is 1. The average molecular weight is 286 g/mol. The Morgan fingerprint density at radius 3 is 2.44 bits per heavy atom. The second kappa shape index (κ2) is 5.64. The van der Waals surface area contributed by atoms with Gasteiger partial charge in [0.2, 0.25) is 0 Å². The molecule has 18 heavy (non-hydrogen) atoms. The Kier molecular flexibility index (Phi) is 4.66. The van der Waals surface area contributed by atoms with E-state index in [4.69, 9.17) is 17.3 Å². The van der Waals surface area contributed by atoms with Crippen molar-refractivity contribution in [3.05, 3.63) is 23.8 Å². The van der Waals surface area contributed by atoms with Crippen LogP contribution in [0.5, 0.6) is 5.75 Å². The summed E-state index contributed by atoms with van der Waals surface area (Å²) in [4.78, 5) is 0. The number of hydrogen-bond acceptors (Lipinski definition) is 4. The van der Waals surface area contributed by atoms with Crippen LogP contribution in [-0.2, 0) is 0 Å². The number of anilines is 1. The third kappa shape index (κ3) is 3.94. The fourth-order valence-electron chi connectivity index (χ4n) is 1.25. The maximum absolute atomic E-state index is 12.1. The van der Waals surface area contributed by atoms with Gasteiger partial charge in [0.25, 0.3) is 0 Å². The first-order valence-electron chi connectivity index (χ1n) is 4.82. The van der Waals surface area contributed by atoms with Crippen molar-refractivity contribution in [2.24, 2.45) is 0 Å². The summed E-state index contributed by atoms with van der Waals surface area (Å²) in [6.45, 7) is 0. The molecular formula is C10H11ClF3NO3. The van der Waals surface area contributed by atoms with Gasteiger partial charge in [0.15, 0.2) is 5.75 Å². The van der Waals surface area contributed by atoms with Gasteiger partial charge in [0.1, 0.15) is 6.10 Å². The lowest BCUT2D eigenvalue weighted by Crippen LogP contribution is -2.21. The molecule has 0 aliphatic carbocycles. The second-order valence-corrected chi connectivity index (χ2v) is 3.82. The lowest BCUT2D eigenvalue weighted by atomic mass is 10.0. The molecule has 2 unspecified atom stereocenters. The van der Waals surface area contributed by atoms with E-state index in [1.54, 1.807) is 0 Å². The van der Waals surface area contributed by atoms with E-state index in [-0.39, 0.29) is 17.1 Å². The zero-order chi connectivity index (χ0) is 13.9. The van der Waals surface area contributed by atoms with Gasteiger partial charge in [0, 0.05) is 0 Å². The van der Waals surface area contributed by atoms with Crippen LogP contribution in [-0.4, -0.2) is 28.6 Å². The molecule has 0 saturated heterocycles. The van der Waals surface area contributed by atoms with E-state index in [9.17, 15) is 23.4 Å². The van der Waals surface area contributed by atoms with Crippen molar-refractivity contribution in [3.8, 4) is 5.75 Å². The molecule has 0 aliphatic heterocycles. The van der Waals surface area contributed by atoms with Gasteiger partial charge in [-0.3, -0.25) is 0 Å². The molecule has 4 N–H and O–H groups in total. The average Bonchev–Trinajstić information content (AvgIpc) is 2.28. The fraction of sp³-hybridized carbons (Fsp3) is 0.400. The van der Waals surface area contributed by atoms with Crippen LogP contribution in [0.3, 0.4) is 0 Å². The maximum atomic E-state index is 12.1. The molecule has 102 valence electrons. The normalized spacial score (nSPS) is 15.2. The smallest absolute Gasteiger partial charge is 0.404 e. The predicted molar refractivity (Wildman–Crippen MR) is 59.2 cm³/mol. The van der Waals surface area contributed by atoms with Crippen molar-refractivity contribution in [2.75, 3.05) is 11.6 Å². The molecule has 0 saturated carbocycles. The van der Waals surface area contributed by atoms with Crippen molar-refractivity contribution < 1.29 is 28.1 Å². The van der Waals surface area contributed by atoms with Crippen LogP contribution in [0.15, 0.2) is 18.2 Å². The molecule has 0 fully saturated rings. The third-order valence-corrected chi connectivity index (χ3v) is 2.44. The van der Waals surface area contributed by atoms with Gasteiger partial charge in [-0.25, -0.2) is 0 Å². The van der Waals surface area contributed by atoms with Crippen molar-refractivity contribution >= 4 is 17.3 Å². The minimum absolute atomic E-state index is 0.0246. The van der Waals surface area contributed by atoms with Gasteiger partial charge >= 0.3 is 6.36 Å². The van der Waals surface area contributed by atoms with Crippen LogP contribution in [0.1, 0.15) is 11.7 Å². The molecule has 4 nitrogen and oxygen atoms in total. The van der Waals surface area contributed by atoms with Crippen LogP contribution in [0, 0.1) is 0 Å². The summed E-state index contributed by atoms with van der Waals surface area (Å²) >= 11 is 5.33. The molecule has 1 aromatic rings. The van der Waals surface area contributed by atoms with Crippen LogP contribution in [0.4, 0.5) is 18.9 Å². The van der Waals surface area contributed by atoms with E-state index in [2.05, 4.69) is 4.74 Å². The summed E-state index contributed by atoms with van der Waals surface area (Å²) < 4.78 is 39.9. The summed E-state index contributed by atoms with van der Waals surface area (Å²) in [7, 11) is 0. The molecular weight excluding hydrogens is 275 g/mol. The van der Waals surface area contributed by atoms with Crippen LogP contribution >= 0.6 is 11.6 Å². The number of alkyl halides is 4. The van der Waals surface area contributed by atoms with E-state index in [0.717, 1.165) is 12.1 Å². The predicted octanol–water partition coefficient (Wildman–Crippen LogP) is 1.80. The lowest BCUT2D eigenvalue weighted by Gasteiger charge is -2.18. The maximum Gasteiger partial charge on any atom is 0.573 e. The summed E-state index contributed by atoms with van der Waals surface area (Å²) in [5.41, 5.74) is 5.10. The highest BCUT2D eigenvalue weighted by molar-refractivity contribution is 6.18. The summed E-state index contributed by atoms with van der Waals surface area (Å²) in [6.07, 6.45) is -7.60. The van der Waals surface area contributed by atoms with E-state index in [0.29, 0.717) is 0 Å². The first-order valence-corrected chi connectivity index (χ1v) is 5.35. The number of aliphatic hydroxyl groups excluding tert-OH is 2. The van der Waals surface area contributed by atoms with Gasteiger partial charge in [-0.1, -0.05) is 6.07 Å². The fourth-order valence-corrected chi connectivity index (χ4v) is 1.42. The number of aliphatic hydroxyl groups is 2. The monoisotopic (exact) mass is 285 g/mol. The Hall–Kier alpha value is -1.18. The first-order chi connectivity index (χ1) is 8.24. The van der Waals surface area contributed by atoms with Crippen LogP contribution in [0.25, 0.3) is 0 Å². The largest absolute Gasteiger partial charge is 0.573 e. The van der Waals surface area contributed by atoms with E-state index in [1.165, 1.54) is 6.07 Å². The van der Waals surface area contributed by atoms with E-state index < -0.39 is 24.3 Å². The van der Waals surface area contributed by atoms with E-state index in [1.807, 2.05) is 0 Å². The molecule has 0 spiro atoms. The quantitative estimate of drug-likeness (QED) is 0.582. The molecule has 2 atom stereocenters. The zero-order valence-electron chi connectivity index (χ0n) is 8.99. The second-order valence-electron chi connectivity index (χ2n) is 3.51. The highest BCUT2D eigenvalue weighted by Crippen LogP contribution is 2.31. The number of nitrogens with two attached hydrogens (primary N) is 1. The van der Waals surface area contributed by atoms with Crippen LogP contribution in [0.2, 0.25) is 0 Å². The molecule has 0 amide bonds. The molecule has 0 aromatic heterocycles. The van der Waals surface area contributed by atoms with Crippen molar-refractivity contribution in [1.29, 1.82) is 0 Å². The molecule has 1 aromatic carbocycles. The van der Waals surface area contributed by atoms with Crippen LogP contribution < -0.4 is 10.5 Å². The molecule has 0 aliphatic rings. The SMILES string of the molecule is Nc1ccc(C(O)C(O)CCl)cc1OC(F)(F)F. The molecule has 0 radical (unpaired) electrons. The molecule has 1 rings (SSSR count). The minimum Gasteiger partial charge on any atom is -0.404 e. The highest BCUT2D eigenvalue weighted by Gasteiger charge is 2.32. The minimum atomic E-state index is -4.89. The number of ether oxygens (including phenoxy) is 1. The highest BCUT2D eigenvalue weighted by atomic mass is 35.5. The van der Waals surface area contributed by atoms with Gasteiger partial charge in [0.05, 0.1) is 17.7 Å². The zero-order valence-corrected chi connectivity index (χ0v) is 9.74. The molecule has 8 heteroatoms. The topological polar surface area (TPSA) is 75.7 Å². The molecule has 0 bridgehead atoms. The summed E-state index contributed by atoms with van der Waals surface area (Å²) in [5, 5.41) is 18.9. The van der Waals surface area contributed by atoms with Gasteiger partial charge in [-0.05, 0) is 17.7 Å². The summed E-state index contributed by atoms with van der Waals surface area (Å²) in [6, 6.07) is 3.32. The number of hydrogen-bond donors (Lipinski definition) is 3. The van der Waals surface area contributed by atoms with Gasteiger partial charge in [-0.2, -0.15) is 0 Å². The van der Waals surface area contributed by atoms with Crippen molar-refractivity contribution in [1.82, 2.24) is 0 Å². The first kappa shape index (κ1) is 14.9. The Labute approximate surface area is 106 Å². The Morgan fingerprint density at radius 1 is 1.33 bits per heavy atom. The number of halogens is 4. The third-order valence-electron chi connectivity index (χ3n) is 2.13. The Morgan fingerprint density at radius 2 is 1.94 bits per heavy atom.